The van der Waals surface area contributed by atoms with Crippen molar-refractivity contribution in [2.75, 3.05) is 0 Å². The molecule has 7 nitrogen and oxygen atoms in total. The number of nitrogens with zero attached hydrogens (tertiary/aromatic N) is 4. The molecular weight excluding hydrogens is 378 g/mol. The zero-order chi connectivity index (χ0) is 20.5. The van der Waals surface area contributed by atoms with E-state index in [-0.39, 0.29) is 18.5 Å². The molecule has 0 saturated heterocycles. The molecule has 2 aromatic heterocycles. The number of rotatable bonds is 5. The number of aromatic nitrogens is 4. The molecule has 0 aliphatic heterocycles. The average molecular weight is 401 g/mol. The standard InChI is InChI=1S/C23H23N5O2/c1-15-10-12-16(13-11-15)22-25-23(30-27-22)21-18-8-4-5-9-19(18)28(26-21)14-20(29)24-17-6-2-3-7-17/h4-5,8-13,17H,2-3,6-7,14H2,1H3,(H,24,29). The summed E-state index contributed by atoms with van der Waals surface area (Å²) in [5, 5.41) is 12.8. The minimum absolute atomic E-state index is 0.0208. The molecule has 1 amide bonds. The Hall–Kier alpha value is -3.48. The van der Waals surface area contributed by atoms with E-state index >= 15 is 0 Å². The first-order valence-electron chi connectivity index (χ1n) is 10.3. The van der Waals surface area contributed by atoms with Gasteiger partial charge in [-0.15, -0.1) is 0 Å². The maximum Gasteiger partial charge on any atom is 0.279 e. The molecule has 0 atom stereocenters. The first kappa shape index (κ1) is 18.5. The number of aryl methyl sites for hydroxylation is 1. The van der Waals surface area contributed by atoms with E-state index in [1.54, 1.807) is 4.68 Å². The highest BCUT2D eigenvalue weighted by atomic mass is 16.5. The monoisotopic (exact) mass is 401 g/mol. The molecule has 0 bridgehead atoms. The summed E-state index contributed by atoms with van der Waals surface area (Å²) in [5.74, 6) is 0.840. The number of para-hydroxylation sites is 1. The Labute approximate surface area is 174 Å². The van der Waals surface area contributed by atoms with Gasteiger partial charge in [0.25, 0.3) is 5.89 Å². The minimum atomic E-state index is -0.0208. The van der Waals surface area contributed by atoms with Crippen molar-refractivity contribution in [3.8, 4) is 23.0 Å². The summed E-state index contributed by atoms with van der Waals surface area (Å²) in [4.78, 5) is 17.1. The van der Waals surface area contributed by atoms with Crippen LogP contribution in [0.4, 0.5) is 0 Å². The Morgan fingerprint density at radius 3 is 2.70 bits per heavy atom. The highest BCUT2D eigenvalue weighted by Crippen LogP contribution is 2.28. The molecule has 30 heavy (non-hydrogen) atoms. The molecule has 0 radical (unpaired) electrons. The predicted molar refractivity (Wildman–Crippen MR) is 114 cm³/mol. The highest BCUT2D eigenvalue weighted by Gasteiger charge is 2.21. The number of carbonyl (C=O) groups excluding carboxylic acids is 1. The van der Waals surface area contributed by atoms with Gasteiger partial charge in [-0.1, -0.05) is 66.0 Å². The summed E-state index contributed by atoms with van der Waals surface area (Å²) >= 11 is 0. The first-order valence-corrected chi connectivity index (χ1v) is 10.3. The molecule has 4 aromatic rings. The molecule has 1 N–H and O–H groups in total. The third-order valence-corrected chi connectivity index (χ3v) is 5.61. The zero-order valence-electron chi connectivity index (χ0n) is 16.8. The predicted octanol–water partition coefficient (Wildman–Crippen LogP) is 4.12. The molecule has 7 heteroatoms. The smallest absolute Gasteiger partial charge is 0.279 e. The van der Waals surface area contributed by atoms with Crippen LogP contribution in [0.5, 0.6) is 0 Å². The molecule has 5 rings (SSSR count). The van der Waals surface area contributed by atoms with Gasteiger partial charge in [0.05, 0.1) is 5.52 Å². The summed E-state index contributed by atoms with van der Waals surface area (Å²) < 4.78 is 7.24. The van der Waals surface area contributed by atoms with Crippen molar-refractivity contribution in [3.05, 3.63) is 54.1 Å². The molecule has 2 heterocycles. The Balaban J connectivity index is 1.45. The first-order chi connectivity index (χ1) is 14.7. The van der Waals surface area contributed by atoms with Crippen molar-refractivity contribution in [1.82, 2.24) is 25.2 Å². The second kappa shape index (κ2) is 7.74. The van der Waals surface area contributed by atoms with Crippen LogP contribution >= 0.6 is 0 Å². The second-order valence-corrected chi connectivity index (χ2v) is 7.86. The normalized spacial score (nSPS) is 14.4. The molecule has 2 aromatic carbocycles. The van der Waals surface area contributed by atoms with Crippen LogP contribution in [0.15, 0.2) is 53.1 Å². The fraction of sp³-hybridized carbons (Fsp3) is 0.304. The fourth-order valence-electron chi connectivity index (χ4n) is 4.02. The van der Waals surface area contributed by atoms with E-state index in [1.807, 2.05) is 55.5 Å². The van der Waals surface area contributed by atoms with Crippen LogP contribution in [0.25, 0.3) is 33.9 Å². The summed E-state index contributed by atoms with van der Waals surface area (Å²) in [6.45, 7) is 2.20. The fourth-order valence-corrected chi connectivity index (χ4v) is 4.02. The van der Waals surface area contributed by atoms with E-state index in [0.717, 1.165) is 29.3 Å². The van der Waals surface area contributed by atoms with Crippen molar-refractivity contribution in [2.45, 2.75) is 45.2 Å². The van der Waals surface area contributed by atoms with E-state index in [0.29, 0.717) is 17.4 Å². The van der Waals surface area contributed by atoms with Crippen LogP contribution in [0.3, 0.4) is 0 Å². The van der Waals surface area contributed by atoms with Crippen LogP contribution in [-0.2, 0) is 11.3 Å². The van der Waals surface area contributed by atoms with E-state index in [4.69, 9.17) is 4.52 Å². The van der Waals surface area contributed by atoms with Crippen LogP contribution in [0.1, 0.15) is 31.2 Å². The average Bonchev–Trinajstić information content (AvgIpc) is 3.49. The van der Waals surface area contributed by atoms with Crippen LogP contribution < -0.4 is 5.32 Å². The lowest BCUT2D eigenvalue weighted by Gasteiger charge is -2.12. The number of amides is 1. The summed E-state index contributed by atoms with van der Waals surface area (Å²) in [6.07, 6.45) is 4.47. The van der Waals surface area contributed by atoms with E-state index in [2.05, 4.69) is 20.6 Å². The van der Waals surface area contributed by atoms with Gasteiger partial charge in [-0.3, -0.25) is 9.48 Å². The van der Waals surface area contributed by atoms with E-state index < -0.39 is 0 Å². The third-order valence-electron chi connectivity index (χ3n) is 5.61. The SMILES string of the molecule is Cc1ccc(-c2noc(-c3nn(CC(=O)NC4CCCC4)c4ccccc34)n2)cc1. The number of carbonyl (C=O) groups is 1. The van der Waals surface area contributed by atoms with Gasteiger partial charge in [0.1, 0.15) is 6.54 Å². The van der Waals surface area contributed by atoms with Crippen molar-refractivity contribution in [3.63, 3.8) is 0 Å². The van der Waals surface area contributed by atoms with Crippen LogP contribution in [-0.4, -0.2) is 31.9 Å². The van der Waals surface area contributed by atoms with Gasteiger partial charge in [0.2, 0.25) is 11.7 Å². The van der Waals surface area contributed by atoms with E-state index in [9.17, 15) is 4.79 Å². The molecule has 1 fully saturated rings. The number of fused-ring (bicyclic) bond motifs is 1. The van der Waals surface area contributed by atoms with Gasteiger partial charge in [-0.2, -0.15) is 10.1 Å². The highest BCUT2D eigenvalue weighted by molar-refractivity contribution is 5.92. The lowest BCUT2D eigenvalue weighted by Crippen LogP contribution is -2.35. The summed E-state index contributed by atoms with van der Waals surface area (Å²) in [5.41, 5.74) is 3.51. The third kappa shape index (κ3) is 3.58. The Kier molecular flexibility index (Phi) is 4.78. The van der Waals surface area contributed by atoms with Crippen LogP contribution in [0, 0.1) is 6.92 Å². The maximum absolute atomic E-state index is 12.6. The number of benzene rings is 2. The number of hydrogen-bond acceptors (Lipinski definition) is 5. The molecule has 1 saturated carbocycles. The Morgan fingerprint density at radius 2 is 1.90 bits per heavy atom. The van der Waals surface area contributed by atoms with Crippen molar-refractivity contribution in [1.29, 1.82) is 0 Å². The maximum atomic E-state index is 12.6. The van der Waals surface area contributed by atoms with Crippen molar-refractivity contribution in [2.24, 2.45) is 0 Å². The lowest BCUT2D eigenvalue weighted by molar-refractivity contribution is -0.122. The number of nitrogens with one attached hydrogen (secondary N) is 1. The quantitative estimate of drug-likeness (QED) is 0.544. The molecule has 0 spiro atoms. The van der Waals surface area contributed by atoms with Gasteiger partial charge in [-0.25, -0.2) is 0 Å². The second-order valence-electron chi connectivity index (χ2n) is 7.86. The largest absolute Gasteiger partial charge is 0.352 e. The summed E-state index contributed by atoms with van der Waals surface area (Å²) in [6, 6.07) is 16.0. The van der Waals surface area contributed by atoms with Crippen molar-refractivity contribution < 1.29 is 9.32 Å². The zero-order valence-corrected chi connectivity index (χ0v) is 16.8. The molecule has 1 aliphatic carbocycles. The number of hydrogen-bond donors (Lipinski definition) is 1. The van der Waals surface area contributed by atoms with Gasteiger partial charge in [0, 0.05) is 17.0 Å². The van der Waals surface area contributed by atoms with Crippen molar-refractivity contribution >= 4 is 16.8 Å². The van der Waals surface area contributed by atoms with Gasteiger partial charge in [-0.05, 0) is 25.8 Å². The van der Waals surface area contributed by atoms with Gasteiger partial charge < -0.3 is 9.84 Å². The molecule has 152 valence electrons. The Morgan fingerprint density at radius 1 is 1.13 bits per heavy atom. The minimum Gasteiger partial charge on any atom is -0.352 e. The van der Waals surface area contributed by atoms with Gasteiger partial charge in [0.15, 0.2) is 5.69 Å². The molecular formula is C23H23N5O2. The Bertz CT molecular complexity index is 1190. The molecule has 1 aliphatic rings. The topological polar surface area (TPSA) is 85.8 Å². The van der Waals surface area contributed by atoms with Crippen LogP contribution in [0.2, 0.25) is 0 Å². The van der Waals surface area contributed by atoms with Gasteiger partial charge >= 0.3 is 0 Å². The summed E-state index contributed by atoms with van der Waals surface area (Å²) in [7, 11) is 0. The molecule has 0 unspecified atom stereocenters. The van der Waals surface area contributed by atoms with E-state index in [1.165, 1.54) is 18.4 Å². The lowest BCUT2D eigenvalue weighted by atomic mass is 10.1.